The van der Waals surface area contributed by atoms with E-state index in [1.807, 2.05) is 0 Å². The van der Waals surface area contributed by atoms with Gasteiger partial charge in [-0.3, -0.25) is 14.3 Å². The molecule has 2 heterocycles. The van der Waals surface area contributed by atoms with E-state index in [0.29, 0.717) is 31.0 Å². The Morgan fingerprint density at radius 3 is 2.52 bits per heavy atom. The molecule has 2 aromatic heterocycles. The van der Waals surface area contributed by atoms with Crippen LogP contribution in [0.25, 0.3) is 0 Å². The standard InChI is InChI=1S/C20H26N4O4S/c1-23-10-9-18(22-23)21-20(26)17(12-14-4-2-3-5-14)24-11-8-16(13-19(24)25)29(27,28)15-6-7-15/h8-11,13-15,17H,2-7,12H2,1H3,(H,21,22,26)/t17-/m0/s1. The van der Waals surface area contributed by atoms with Crippen LogP contribution in [-0.2, 0) is 21.7 Å². The van der Waals surface area contributed by atoms with E-state index in [0.717, 1.165) is 31.7 Å². The molecule has 0 bridgehead atoms. The molecule has 8 nitrogen and oxygen atoms in total. The number of nitrogens with one attached hydrogen (secondary N) is 1. The van der Waals surface area contributed by atoms with Gasteiger partial charge < -0.3 is 9.88 Å². The molecule has 4 rings (SSSR count). The summed E-state index contributed by atoms with van der Waals surface area (Å²) < 4.78 is 27.8. The summed E-state index contributed by atoms with van der Waals surface area (Å²) >= 11 is 0. The van der Waals surface area contributed by atoms with Crippen LogP contribution in [0, 0.1) is 5.92 Å². The van der Waals surface area contributed by atoms with E-state index < -0.39 is 21.4 Å². The van der Waals surface area contributed by atoms with Crippen molar-refractivity contribution in [1.82, 2.24) is 14.3 Å². The van der Waals surface area contributed by atoms with Gasteiger partial charge >= 0.3 is 0 Å². The van der Waals surface area contributed by atoms with Crippen LogP contribution in [0.1, 0.15) is 51.0 Å². The second-order valence-corrected chi connectivity index (χ2v) is 10.3. The summed E-state index contributed by atoms with van der Waals surface area (Å²) in [4.78, 5) is 25.9. The molecule has 9 heteroatoms. The Labute approximate surface area is 169 Å². The lowest BCUT2D eigenvalue weighted by molar-refractivity contribution is -0.119. The molecule has 0 spiro atoms. The largest absolute Gasteiger partial charge is 0.307 e. The number of pyridine rings is 1. The highest BCUT2D eigenvalue weighted by Gasteiger charge is 2.37. The zero-order chi connectivity index (χ0) is 20.6. The van der Waals surface area contributed by atoms with Gasteiger partial charge in [0.05, 0.1) is 10.1 Å². The Bertz CT molecular complexity index is 1060. The first kappa shape index (κ1) is 19.9. The first-order chi connectivity index (χ1) is 13.8. The highest BCUT2D eigenvalue weighted by Crippen LogP contribution is 2.34. The number of carbonyl (C=O) groups excluding carboxylic acids is 1. The molecule has 0 radical (unpaired) electrons. The number of nitrogens with zero attached hydrogens (tertiary/aromatic N) is 3. The average Bonchev–Trinajstić information content (AvgIpc) is 3.29. The van der Waals surface area contributed by atoms with Crippen LogP contribution in [0.4, 0.5) is 5.82 Å². The van der Waals surface area contributed by atoms with E-state index in [2.05, 4.69) is 10.4 Å². The zero-order valence-corrected chi connectivity index (χ0v) is 17.3. The summed E-state index contributed by atoms with van der Waals surface area (Å²) in [5, 5.41) is 6.58. The normalized spacial score (nSPS) is 18.7. The third-order valence-corrected chi connectivity index (χ3v) is 8.11. The van der Waals surface area contributed by atoms with E-state index in [1.54, 1.807) is 24.0 Å². The fourth-order valence-electron chi connectivity index (χ4n) is 4.08. The predicted molar refractivity (Wildman–Crippen MR) is 108 cm³/mol. The minimum absolute atomic E-state index is 0.0472. The van der Waals surface area contributed by atoms with Gasteiger partial charge in [0.1, 0.15) is 6.04 Å². The molecule has 1 amide bonds. The summed E-state index contributed by atoms with van der Waals surface area (Å²) in [6.07, 6.45) is 9.35. The van der Waals surface area contributed by atoms with Crippen LogP contribution in [0.3, 0.4) is 0 Å². The molecule has 2 fully saturated rings. The maximum Gasteiger partial charge on any atom is 0.252 e. The Morgan fingerprint density at radius 1 is 1.21 bits per heavy atom. The van der Waals surface area contributed by atoms with Gasteiger partial charge in [0.25, 0.3) is 5.56 Å². The minimum atomic E-state index is -3.45. The molecular weight excluding hydrogens is 392 g/mol. The van der Waals surface area contributed by atoms with E-state index in [4.69, 9.17) is 0 Å². The van der Waals surface area contributed by atoms with E-state index in [1.165, 1.54) is 16.8 Å². The molecule has 0 unspecified atom stereocenters. The Morgan fingerprint density at radius 2 is 1.93 bits per heavy atom. The van der Waals surface area contributed by atoms with Gasteiger partial charge in [0, 0.05) is 31.6 Å². The van der Waals surface area contributed by atoms with Crippen molar-refractivity contribution in [2.45, 2.75) is 61.1 Å². The summed E-state index contributed by atoms with van der Waals surface area (Å²) in [5.41, 5.74) is -0.467. The van der Waals surface area contributed by atoms with Gasteiger partial charge in [-0.05, 0) is 31.2 Å². The first-order valence-electron chi connectivity index (χ1n) is 10.1. The highest BCUT2D eigenvalue weighted by molar-refractivity contribution is 7.92. The lowest BCUT2D eigenvalue weighted by atomic mass is 9.97. The molecule has 1 atom stereocenters. The van der Waals surface area contributed by atoms with Crippen molar-refractivity contribution in [2.75, 3.05) is 5.32 Å². The van der Waals surface area contributed by atoms with Crippen LogP contribution in [-0.4, -0.2) is 33.9 Å². The van der Waals surface area contributed by atoms with Crippen LogP contribution < -0.4 is 10.9 Å². The van der Waals surface area contributed by atoms with Crippen LogP contribution >= 0.6 is 0 Å². The van der Waals surface area contributed by atoms with Gasteiger partial charge in [-0.15, -0.1) is 0 Å². The molecule has 156 valence electrons. The quantitative estimate of drug-likeness (QED) is 0.743. The monoisotopic (exact) mass is 418 g/mol. The molecular formula is C20H26N4O4S. The molecule has 0 aromatic carbocycles. The number of hydrogen-bond donors (Lipinski definition) is 1. The second-order valence-electron chi connectivity index (χ2n) is 8.12. The van der Waals surface area contributed by atoms with Gasteiger partial charge in [-0.1, -0.05) is 25.7 Å². The Balaban J connectivity index is 1.62. The lowest BCUT2D eigenvalue weighted by Gasteiger charge is -2.22. The molecule has 0 saturated heterocycles. The maximum absolute atomic E-state index is 13.0. The maximum atomic E-state index is 13.0. The van der Waals surface area contributed by atoms with Crippen molar-refractivity contribution >= 4 is 21.6 Å². The van der Waals surface area contributed by atoms with Crippen molar-refractivity contribution in [3.05, 3.63) is 40.9 Å². The van der Waals surface area contributed by atoms with Crippen LogP contribution in [0.2, 0.25) is 0 Å². The fraction of sp³-hybridized carbons (Fsp3) is 0.550. The second kappa shape index (κ2) is 7.78. The SMILES string of the molecule is Cn1ccc(NC(=O)[C@H](CC2CCCC2)n2ccc(S(=O)(=O)C3CC3)cc2=O)n1. The van der Waals surface area contributed by atoms with E-state index >= 15 is 0 Å². The molecule has 2 aromatic rings. The molecule has 2 aliphatic rings. The Hall–Kier alpha value is -2.42. The van der Waals surface area contributed by atoms with Crippen molar-refractivity contribution in [3.8, 4) is 0 Å². The summed E-state index contributed by atoms with van der Waals surface area (Å²) in [6, 6.07) is 3.59. The lowest BCUT2D eigenvalue weighted by Crippen LogP contribution is -2.34. The average molecular weight is 419 g/mol. The van der Waals surface area contributed by atoms with Crippen molar-refractivity contribution in [3.63, 3.8) is 0 Å². The van der Waals surface area contributed by atoms with Crippen molar-refractivity contribution in [2.24, 2.45) is 13.0 Å². The molecule has 1 N–H and O–H groups in total. The molecule has 2 saturated carbocycles. The van der Waals surface area contributed by atoms with Gasteiger partial charge in [0.2, 0.25) is 5.91 Å². The molecule has 0 aliphatic heterocycles. The van der Waals surface area contributed by atoms with Gasteiger partial charge in [0.15, 0.2) is 15.7 Å². The number of carbonyl (C=O) groups is 1. The third kappa shape index (κ3) is 4.29. The summed E-state index contributed by atoms with van der Waals surface area (Å²) in [5.74, 6) is 0.488. The minimum Gasteiger partial charge on any atom is -0.307 e. The van der Waals surface area contributed by atoms with Gasteiger partial charge in [-0.25, -0.2) is 8.42 Å². The number of anilines is 1. The van der Waals surface area contributed by atoms with Gasteiger partial charge in [-0.2, -0.15) is 5.10 Å². The topological polar surface area (TPSA) is 103 Å². The van der Waals surface area contributed by atoms with E-state index in [9.17, 15) is 18.0 Å². The number of hydrogen-bond acceptors (Lipinski definition) is 5. The predicted octanol–water partition coefficient (Wildman–Crippen LogP) is 2.28. The van der Waals surface area contributed by atoms with Crippen molar-refractivity contribution in [1.29, 1.82) is 0 Å². The fourth-order valence-corrected chi connectivity index (χ4v) is 5.73. The first-order valence-corrected chi connectivity index (χ1v) is 11.7. The van der Waals surface area contributed by atoms with E-state index in [-0.39, 0.29) is 16.1 Å². The zero-order valence-electron chi connectivity index (χ0n) is 16.5. The highest BCUT2D eigenvalue weighted by atomic mass is 32.2. The Kier molecular flexibility index (Phi) is 5.33. The summed E-state index contributed by atoms with van der Waals surface area (Å²) in [6.45, 7) is 0. The van der Waals surface area contributed by atoms with Crippen LogP contribution in [0.15, 0.2) is 40.3 Å². The number of sulfone groups is 1. The number of rotatable bonds is 7. The number of aryl methyl sites for hydroxylation is 1. The molecule has 29 heavy (non-hydrogen) atoms. The third-order valence-electron chi connectivity index (χ3n) is 5.85. The summed E-state index contributed by atoms with van der Waals surface area (Å²) in [7, 11) is -1.69. The molecule has 2 aliphatic carbocycles. The van der Waals surface area contributed by atoms with Crippen molar-refractivity contribution < 1.29 is 13.2 Å². The van der Waals surface area contributed by atoms with Crippen LogP contribution in [0.5, 0.6) is 0 Å². The smallest absolute Gasteiger partial charge is 0.252 e. The number of aromatic nitrogens is 3. The number of amides is 1.